The van der Waals surface area contributed by atoms with Crippen molar-refractivity contribution < 1.29 is 9.47 Å². The van der Waals surface area contributed by atoms with Crippen molar-refractivity contribution in [2.75, 3.05) is 13.2 Å². The summed E-state index contributed by atoms with van der Waals surface area (Å²) < 4.78 is 11.3. The maximum Gasteiger partial charge on any atom is 0.119 e. The third kappa shape index (κ3) is 4.96. The Balaban J connectivity index is 1.59. The molecule has 105 valence electrons. The number of unbranched alkanes of at least 4 members (excludes halogenated alkanes) is 1. The summed E-state index contributed by atoms with van der Waals surface area (Å²) in [7, 11) is 0. The minimum atomic E-state index is 0.721. The summed E-state index contributed by atoms with van der Waals surface area (Å²) in [4.78, 5) is 0. The van der Waals surface area contributed by atoms with Gasteiger partial charge in [0.15, 0.2) is 0 Å². The Kier molecular flexibility index (Phi) is 5.97. The zero-order chi connectivity index (χ0) is 14.0. The van der Waals surface area contributed by atoms with Gasteiger partial charge in [0.2, 0.25) is 0 Å². The zero-order valence-electron chi connectivity index (χ0n) is 11.8. The van der Waals surface area contributed by atoms with Gasteiger partial charge in [-0.25, -0.2) is 0 Å². The lowest BCUT2D eigenvalue weighted by atomic mass is 10.2. The molecule has 0 aliphatic heterocycles. The number of ether oxygens (including phenoxy) is 2. The van der Waals surface area contributed by atoms with E-state index in [1.165, 1.54) is 5.56 Å². The Morgan fingerprint density at radius 1 is 0.750 bits per heavy atom. The zero-order valence-corrected chi connectivity index (χ0v) is 11.8. The molecule has 2 aromatic rings. The standard InChI is InChI=1S/C18H21O2/c1-2-16-9-8-12-18(15-16)20-14-7-6-13-19-17-10-4-3-5-11-17/h3-5,8-12,15H,1-2,6-7,13-14H2. The third-order valence-corrected chi connectivity index (χ3v) is 3.01. The van der Waals surface area contributed by atoms with Crippen molar-refractivity contribution in [2.24, 2.45) is 0 Å². The minimum absolute atomic E-state index is 0.721. The average molecular weight is 269 g/mol. The first kappa shape index (κ1) is 14.4. The van der Waals surface area contributed by atoms with Crippen molar-refractivity contribution in [3.05, 3.63) is 67.1 Å². The fourth-order valence-corrected chi connectivity index (χ4v) is 1.89. The molecule has 0 bridgehead atoms. The summed E-state index contributed by atoms with van der Waals surface area (Å²) in [5, 5.41) is 0. The quantitative estimate of drug-likeness (QED) is 0.665. The normalized spacial score (nSPS) is 10.2. The van der Waals surface area contributed by atoms with Crippen LogP contribution in [0.4, 0.5) is 0 Å². The highest BCUT2D eigenvalue weighted by atomic mass is 16.5. The van der Waals surface area contributed by atoms with E-state index in [-0.39, 0.29) is 0 Å². The minimum Gasteiger partial charge on any atom is -0.494 e. The van der Waals surface area contributed by atoms with Gasteiger partial charge in [0.1, 0.15) is 11.5 Å². The Bertz CT molecular complexity index is 494. The van der Waals surface area contributed by atoms with E-state index in [1.54, 1.807) is 0 Å². The molecule has 0 saturated carbocycles. The highest BCUT2D eigenvalue weighted by molar-refractivity contribution is 5.28. The number of hydrogen-bond donors (Lipinski definition) is 0. The Morgan fingerprint density at radius 3 is 2.10 bits per heavy atom. The van der Waals surface area contributed by atoms with Crippen molar-refractivity contribution in [1.29, 1.82) is 0 Å². The first-order valence-corrected chi connectivity index (χ1v) is 7.07. The molecular formula is C18H21O2. The summed E-state index contributed by atoms with van der Waals surface area (Å²) >= 11 is 0. The number of para-hydroxylation sites is 1. The topological polar surface area (TPSA) is 18.5 Å². The lowest BCUT2D eigenvalue weighted by molar-refractivity contribution is 0.266. The van der Waals surface area contributed by atoms with E-state index in [4.69, 9.17) is 9.47 Å². The summed E-state index contributed by atoms with van der Waals surface area (Å²) in [6.07, 6.45) is 2.77. The lowest BCUT2D eigenvalue weighted by Crippen LogP contribution is -2.02. The van der Waals surface area contributed by atoms with Crippen LogP contribution in [0.2, 0.25) is 0 Å². The lowest BCUT2D eigenvalue weighted by Gasteiger charge is -2.08. The van der Waals surface area contributed by atoms with Crippen molar-refractivity contribution in [1.82, 2.24) is 0 Å². The van der Waals surface area contributed by atoms with E-state index < -0.39 is 0 Å². The third-order valence-electron chi connectivity index (χ3n) is 3.01. The van der Waals surface area contributed by atoms with Crippen LogP contribution >= 0.6 is 0 Å². The van der Waals surface area contributed by atoms with Crippen molar-refractivity contribution in [3.63, 3.8) is 0 Å². The second kappa shape index (κ2) is 8.26. The van der Waals surface area contributed by atoms with Crippen molar-refractivity contribution in [3.8, 4) is 11.5 Å². The molecule has 0 aromatic heterocycles. The number of hydrogen-bond acceptors (Lipinski definition) is 2. The van der Waals surface area contributed by atoms with Gasteiger partial charge >= 0.3 is 0 Å². The number of rotatable bonds is 8. The fraction of sp³-hybridized carbons (Fsp3) is 0.278. The van der Waals surface area contributed by atoms with Gasteiger partial charge in [0, 0.05) is 0 Å². The maximum atomic E-state index is 5.72. The molecule has 1 radical (unpaired) electrons. The van der Waals surface area contributed by atoms with Crippen LogP contribution in [0.1, 0.15) is 18.4 Å². The Morgan fingerprint density at radius 2 is 1.40 bits per heavy atom. The second-order valence-corrected chi connectivity index (χ2v) is 4.61. The molecule has 2 nitrogen and oxygen atoms in total. The van der Waals surface area contributed by atoms with Gasteiger partial charge in [-0.05, 0) is 56.0 Å². The van der Waals surface area contributed by atoms with E-state index in [0.29, 0.717) is 0 Å². The van der Waals surface area contributed by atoms with Gasteiger partial charge in [-0.1, -0.05) is 30.3 Å². The maximum absolute atomic E-state index is 5.72. The fourth-order valence-electron chi connectivity index (χ4n) is 1.89. The van der Waals surface area contributed by atoms with Crippen LogP contribution in [0.3, 0.4) is 0 Å². The van der Waals surface area contributed by atoms with Crippen LogP contribution in [0.25, 0.3) is 0 Å². The first-order chi connectivity index (χ1) is 9.88. The van der Waals surface area contributed by atoms with Crippen LogP contribution in [-0.4, -0.2) is 13.2 Å². The molecule has 0 aliphatic rings. The Labute approximate surface area is 121 Å². The van der Waals surface area contributed by atoms with Crippen LogP contribution < -0.4 is 9.47 Å². The molecular weight excluding hydrogens is 248 g/mol. The largest absolute Gasteiger partial charge is 0.494 e. The summed E-state index contributed by atoms with van der Waals surface area (Å²) in [5.74, 6) is 1.85. The van der Waals surface area contributed by atoms with E-state index in [1.807, 2.05) is 48.5 Å². The van der Waals surface area contributed by atoms with E-state index >= 15 is 0 Å². The van der Waals surface area contributed by atoms with Crippen LogP contribution in [0.15, 0.2) is 54.6 Å². The van der Waals surface area contributed by atoms with Crippen LogP contribution in [0, 0.1) is 6.92 Å². The smallest absolute Gasteiger partial charge is 0.119 e. The monoisotopic (exact) mass is 269 g/mol. The molecule has 0 saturated heterocycles. The molecule has 0 fully saturated rings. The summed E-state index contributed by atoms with van der Waals surface area (Å²) in [6.45, 7) is 5.32. The molecule has 0 unspecified atom stereocenters. The molecule has 20 heavy (non-hydrogen) atoms. The molecule has 0 spiro atoms. The summed E-state index contributed by atoms with van der Waals surface area (Å²) in [5.41, 5.74) is 1.20. The average Bonchev–Trinajstić information content (AvgIpc) is 2.52. The first-order valence-electron chi connectivity index (χ1n) is 7.07. The molecule has 2 rings (SSSR count). The van der Waals surface area contributed by atoms with Gasteiger partial charge in [-0.3, -0.25) is 0 Å². The SMILES string of the molecule is [CH2]Cc1cccc(OCCCCOc2ccccc2)c1. The highest BCUT2D eigenvalue weighted by Crippen LogP contribution is 2.14. The van der Waals surface area contributed by atoms with E-state index in [9.17, 15) is 0 Å². The molecule has 0 aliphatic carbocycles. The Hall–Kier alpha value is -1.96. The van der Waals surface area contributed by atoms with Gasteiger partial charge in [0.05, 0.1) is 13.2 Å². The molecule has 0 amide bonds. The van der Waals surface area contributed by atoms with Crippen molar-refractivity contribution in [2.45, 2.75) is 19.3 Å². The second-order valence-electron chi connectivity index (χ2n) is 4.61. The predicted octanol–water partition coefficient (Wildman–Crippen LogP) is 4.30. The van der Waals surface area contributed by atoms with E-state index in [0.717, 1.165) is 44.0 Å². The van der Waals surface area contributed by atoms with Gasteiger partial charge in [0.25, 0.3) is 0 Å². The van der Waals surface area contributed by atoms with E-state index in [2.05, 4.69) is 13.0 Å². The van der Waals surface area contributed by atoms with Crippen LogP contribution in [-0.2, 0) is 6.42 Å². The molecule has 2 heteroatoms. The van der Waals surface area contributed by atoms with Gasteiger partial charge < -0.3 is 9.47 Å². The molecule has 0 heterocycles. The summed E-state index contributed by atoms with van der Waals surface area (Å²) in [6, 6.07) is 18.0. The number of benzene rings is 2. The van der Waals surface area contributed by atoms with Gasteiger partial charge in [-0.15, -0.1) is 0 Å². The molecule has 2 aromatic carbocycles. The predicted molar refractivity (Wildman–Crippen MR) is 82.2 cm³/mol. The molecule has 0 N–H and O–H groups in total. The highest BCUT2D eigenvalue weighted by Gasteiger charge is 1.96. The van der Waals surface area contributed by atoms with Gasteiger partial charge in [-0.2, -0.15) is 0 Å². The van der Waals surface area contributed by atoms with Crippen LogP contribution in [0.5, 0.6) is 11.5 Å². The van der Waals surface area contributed by atoms with Crippen molar-refractivity contribution >= 4 is 0 Å². The molecule has 0 atom stereocenters.